The molecule has 7 nitrogen and oxygen atoms in total. The average Bonchev–Trinajstić information content (AvgIpc) is 2.68. The maximum absolute atomic E-state index is 11.9. The van der Waals surface area contributed by atoms with E-state index >= 15 is 0 Å². The van der Waals surface area contributed by atoms with E-state index in [9.17, 15) is 14.7 Å². The van der Waals surface area contributed by atoms with Crippen molar-refractivity contribution in [3.8, 4) is 0 Å². The third-order valence-electron chi connectivity index (χ3n) is 2.72. The van der Waals surface area contributed by atoms with E-state index in [1.165, 1.54) is 11.1 Å². The molecule has 0 saturated carbocycles. The van der Waals surface area contributed by atoms with E-state index in [1.54, 1.807) is 25.3 Å². The van der Waals surface area contributed by atoms with Gasteiger partial charge < -0.3 is 24.1 Å². The molecule has 0 N–H and O–H groups in total. The fraction of sp³-hybridized carbons (Fsp3) is 0.583. The molecule has 1 aromatic heterocycles. The molecule has 0 aromatic carbocycles. The normalized spacial score (nSPS) is 14.2. The molecule has 1 aromatic rings. The second-order valence-electron chi connectivity index (χ2n) is 5.41. The summed E-state index contributed by atoms with van der Waals surface area (Å²) >= 11 is 0. The van der Waals surface area contributed by atoms with Crippen molar-refractivity contribution >= 4 is 12.1 Å². The minimum Gasteiger partial charge on any atom is -0.542 e. The maximum Gasteiger partial charge on any atom is 1.00 e. The summed E-state index contributed by atoms with van der Waals surface area (Å²) in [5.41, 5.74) is 0.113. The molecule has 0 radical (unpaired) electrons. The quantitative estimate of drug-likeness (QED) is 0.509. The first-order valence-electron chi connectivity index (χ1n) is 6.01. The van der Waals surface area contributed by atoms with Gasteiger partial charge in [-0.05, 0) is 20.8 Å². The van der Waals surface area contributed by atoms with Crippen LogP contribution in [0.1, 0.15) is 37.1 Å². The molecule has 8 heteroatoms. The summed E-state index contributed by atoms with van der Waals surface area (Å²) < 4.78 is 6.83. The van der Waals surface area contributed by atoms with Crippen LogP contribution in [0.3, 0.4) is 0 Å². The summed E-state index contributed by atoms with van der Waals surface area (Å²) in [4.78, 5) is 28.1. The van der Waals surface area contributed by atoms with Crippen LogP contribution < -0.4 is 24.0 Å². The van der Waals surface area contributed by atoms with E-state index in [0.29, 0.717) is 18.8 Å². The zero-order valence-electron chi connectivity index (χ0n) is 12.2. The van der Waals surface area contributed by atoms with Gasteiger partial charge in [0.1, 0.15) is 11.6 Å². The predicted octanol–water partition coefficient (Wildman–Crippen LogP) is -3.00. The first kappa shape index (κ1) is 16.6. The van der Waals surface area contributed by atoms with E-state index in [2.05, 4.69) is 4.98 Å². The molecule has 0 bridgehead atoms. The number of rotatable bonds is 1. The Labute approximate surface area is 129 Å². The minimum atomic E-state index is -1.31. The Hall–Kier alpha value is -1.45. The summed E-state index contributed by atoms with van der Waals surface area (Å²) in [5.74, 6) is -1.41. The van der Waals surface area contributed by atoms with Gasteiger partial charge in [0.25, 0.3) is 0 Å². The fourth-order valence-corrected chi connectivity index (χ4v) is 1.93. The molecule has 1 amide bonds. The van der Waals surface area contributed by atoms with Crippen molar-refractivity contribution in [3.05, 3.63) is 17.7 Å². The number of hydrogen-bond donors (Lipinski definition) is 0. The number of carbonyl (C=O) groups is 2. The zero-order valence-corrected chi connectivity index (χ0v) is 12.2. The van der Waals surface area contributed by atoms with Gasteiger partial charge in [-0.1, -0.05) is 0 Å². The number of nitrogens with zero attached hydrogens (tertiary/aromatic N) is 3. The molecular weight excluding hydrogens is 257 g/mol. The van der Waals surface area contributed by atoms with Crippen LogP contribution in [-0.4, -0.2) is 38.7 Å². The second-order valence-corrected chi connectivity index (χ2v) is 5.41. The molecule has 0 unspecified atom stereocenters. The van der Waals surface area contributed by atoms with E-state index in [1.807, 2.05) is 0 Å². The van der Waals surface area contributed by atoms with Gasteiger partial charge in [0.2, 0.25) is 0 Å². The number of aromatic carboxylic acids is 1. The van der Waals surface area contributed by atoms with Gasteiger partial charge in [-0.15, -0.1) is 0 Å². The minimum absolute atomic E-state index is 0. The largest absolute Gasteiger partial charge is 1.00 e. The molecule has 2 heterocycles. The summed E-state index contributed by atoms with van der Waals surface area (Å²) in [6.07, 6.45) is 1.04. The average molecular weight is 273 g/mol. The number of carboxylic acids is 1. The van der Waals surface area contributed by atoms with Crippen molar-refractivity contribution in [1.82, 2.24) is 14.5 Å². The van der Waals surface area contributed by atoms with Crippen LogP contribution in [-0.2, 0) is 17.8 Å². The Kier molecular flexibility index (Phi) is 4.89. The van der Waals surface area contributed by atoms with Crippen LogP contribution in [0.15, 0.2) is 6.20 Å². The van der Waals surface area contributed by atoms with Crippen LogP contribution in [0, 0.1) is 0 Å². The molecule has 2 rings (SSSR count). The monoisotopic (exact) mass is 273 g/mol. The number of imidazole rings is 1. The third-order valence-corrected chi connectivity index (χ3v) is 2.72. The van der Waals surface area contributed by atoms with E-state index in [4.69, 9.17) is 4.74 Å². The van der Waals surface area contributed by atoms with Crippen molar-refractivity contribution < 1.29 is 38.3 Å². The number of hydrogen-bond acceptors (Lipinski definition) is 5. The molecule has 104 valence electrons. The van der Waals surface area contributed by atoms with Crippen molar-refractivity contribution in [3.63, 3.8) is 0 Å². The molecular formula is C12H16LiN3O4. The SMILES string of the molecule is CC(C)(C)OC(=O)N1CCn2c(cnc2C(=O)[O-])C1.[Li+]. The van der Waals surface area contributed by atoms with Gasteiger partial charge in [0.15, 0.2) is 5.82 Å². The molecule has 0 atom stereocenters. The number of carbonyl (C=O) groups excluding carboxylic acids is 2. The van der Waals surface area contributed by atoms with Crippen LogP contribution in [0.4, 0.5) is 4.79 Å². The van der Waals surface area contributed by atoms with Crippen molar-refractivity contribution in [1.29, 1.82) is 0 Å². The Bertz CT molecular complexity index is 521. The Balaban J connectivity index is 0.00000200. The molecule has 0 spiro atoms. The molecule has 1 aliphatic rings. The Morgan fingerprint density at radius 2 is 2.00 bits per heavy atom. The van der Waals surface area contributed by atoms with Gasteiger partial charge >= 0.3 is 25.0 Å². The molecule has 0 aliphatic carbocycles. The van der Waals surface area contributed by atoms with Gasteiger partial charge in [-0.3, -0.25) is 0 Å². The van der Waals surface area contributed by atoms with Gasteiger partial charge in [-0.25, -0.2) is 9.78 Å². The Morgan fingerprint density at radius 3 is 2.55 bits per heavy atom. The standard InChI is InChI=1S/C12H17N3O4.Li/c1-12(2,3)19-11(18)14-4-5-15-8(7-14)6-13-9(15)10(16)17;/h6H,4-5,7H2,1-3H3,(H,16,17);/q;+1/p-1. The zero-order chi connectivity index (χ0) is 14.2. The van der Waals surface area contributed by atoms with E-state index in [0.717, 1.165) is 0 Å². The van der Waals surface area contributed by atoms with Crippen molar-refractivity contribution in [2.45, 2.75) is 39.5 Å². The summed E-state index contributed by atoms with van der Waals surface area (Å²) in [5, 5.41) is 10.8. The third kappa shape index (κ3) is 3.55. The van der Waals surface area contributed by atoms with Crippen LogP contribution >= 0.6 is 0 Å². The first-order valence-corrected chi connectivity index (χ1v) is 6.01. The molecule has 0 saturated heterocycles. The molecule has 1 aliphatic heterocycles. The molecule has 20 heavy (non-hydrogen) atoms. The van der Waals surface area contributed by atoms with Gasteiger partial charge in [-0.2, -0.15) is 0 Å². The molecule has 0 fully saturated rings. The summed E-state index contributed by atoms with van der Waals surface area (Å²) in [6.45, 7) is 6.44. The van der Waals surface area contributed by atoms with Crippen molar-refractivity contribution in [2.75, 3.05) is 6.54 Å². The fourth-order valence-electron chi connectivity index (χ4n) is 1.93. The van der Waals surface area contributed by atoms with Gasteiger partial charge in [0, 0.05) is 13.1 Å². The van der Waals surface area contributed by atoms with E-state index in [-0.39, 0.29) is 31.2 Å². The summed E-state index contributed by atoms with van der Waals surface area (Å²) in [6, 6.07) is 0. The van der Waals surface area contributed by atoms with Gasteiger partial charge in [0.05, 0.1) is 18.4 Å². The van der Waals surface area contributed by atoms with Crippen molar-refractivity contribution in [2.24, 2.45) is 0 Å². The van der Waals surface area contributed by atoms with E-state index < -0.39 is 17.7 Å². The summed E-state index contributed by atoms with van der Waals surface area (Å²) in [7, 11) is 0. The van der Waals surface area contributed by atoms with Crippen LogP contribution in [0.5, 0.6) is 0 Å². The number of fused-ring (bicyclic) bond motifs is 1. The maximum atomic E-state index is 11.9. The smallest absolute Gasteiger partial charge is 0.542 e. The van der Waals surface area contributed by atoms with Crippen LogP contribution in [0.25, 0.3) is 0 Å². The number of aromatic nitrogens is 2. The predicted molar refractivity (Wildman–Crippen MR) is 63.2 cm³/mol. The number of ether oxygens (including phenoxy) is 1. The Morgan fingerprint density at radius 1 is 1.35 bits per heavy atom. The topological polar surface area (TPSA) is 87.5 Å². The van der Waals surface area contributed by atoms with Crippen LogP contribution in [0.2, 0.25) is 0 Å². The number of carboxylic acid groups (broad SMARTS) is 1. The number of amides is 1. The first-order chi connectivity index (χ1) is 8.78. The second kappa shape index (κ2) is 5.90.